The zero-order chi connectivity index (χ0) is 16.3. The first-order valence-electron chi connectivity index (χ1n) is 8.46. The van der Waals surface area contributed by atoms with Gasteiger partial charge in [0.15, 0.2) is 0 Å². The summed E-state index contributed by atoms with van der Waals surface area (Å²) in [5.74, 6) is -0.111. The van der Waals surface area contributed by atoms with Crippen molar-refractivity contribution < 1.29 is 14.6 Å². The Morgan fingerprint density at radius 1 is 1.17 bits per heavy atom. The second-order valence-electron chi connectivity index (χ2n) is 6.58. The normalized spacial score (nSPS) is 24.5. The first kappa shape index (κ1) is 16.0. The summed E-state index contributed by atoms with van der Waals surface area (Å²) in [5, 5.41) is 12.0. The molecule has 122 valence electrons. The molecule has 1 aliphatic rings. The number of carbonyl (C=O) groups excluding carboxylic acids is 1. The number of rotatable bonds is 4. The minimum absolute atomic E-state index is 0.111. The Morgan fingerprint density at radius 2 is 1.87 bits per heavy atom. The molecule has 0 bridgehead atoms. The third-order valence-corrected chi connectivity index (χ3v) is 5.26. The van der Waals surface area contributed by atoms with E-state index in [2.05, 4.69) is 18.2 Å². The average molecular weight is 312 g/mol. The Kier molecular flexibility index (Phi) is 4.67. The second kappa shape index (κ2) is 6.71. The molecule has 0 spiro atoms. The number of ether oxygens (including phenoxy) is 1. The predicted molar refractivity (Wildman–Crippen MR) is 90.9 cm³/mol. The van der Waals surface area contributed by atoms with E-state index in [0.717, 1.165) is 35.6 Å². The van der Waals surface area contributed by atoms with Crippen LogP contribution in [0.5, 0.6) is 0 Å². The number of hydrogen-bond acceptors (Lipinski definition) is 3. The molecule has 0 aliphatic heterocycles. The van der Waals surface area contributed by atoms with Crippen LogP contribution in [0.15, 0.2) is 42.5 Å². The van der Waals surface area contributed by atoms with E-state index >= 15 is 0 Å². The topological polar surface area (TPSA) is 46.5 Å². The smallest absolute Gasteiger partial charge is 0.312 e. The molecule has 1 fully saturated rings. The molecule has 3 heteroatoms. The summed E-state index contributed by atoms with van der Waals surface area (Å²) < 4.78 is 5.68. The van der Waals surface area contributed by atoms with Gasteiger partial charge in [-0.25, -0.2) is 0 Å². The number of esters is 1. The quantitative estimate of drug-likeness (QED) is 0.860. The number of hydrogen-bond donors (Lipinski definition) is 1. The largest absolute Gasteiger partial charge is 0.460 e. The minimum Gasteiger partial charge on any atom is -0.460 e. The van der Waals surface area contributed by atoms with E-state index in [1.807, 2.05) is 31.2 Å². The van der Waals surface area contributed by atoms with E-state index in [1.54, 1.807) is 0 Å². The molecule has 0 unspecified atom stereocenters. The number of aliphatic hydroxyl groups is 1. The van der Waals surface area contributed by atoms with Crippen molar-refractivity contribution in [3.05, 3.63) is 48.0 Å². The third-order valence-electron chi connectivity index (χ3n) is 5.26. The van der Waals surface area contributed by atoms with Crippen molar-refractivity contribution in [1.29, 1.82) is 0 Å². The molecule has 3 nitrogen and oxygen atoms in total. The maximum atomic E-state index is 12.7. The van der Waals surface area contributed by atoms with Gasteiger partial charge in [0.25, 0.3) is 0 Å². The number of aliphatic hydroxyl groups excluding tert-OH is 1. The molecular formula is C20H24O3. The lowest BCUT2D eigenvalue weighted by Crippen LogP contribution is -2.37. The fraction of sp³-hybridized carbons (Fsp3) is 0.450. The van der Waals surface area contributed by atoms with Crippen LogP contribution in [0.2, 0.25) is 0 Å². The minimum atomic E-state index is -0.413. The van der Waals surface area contributed by atoms with Crippen LogP contribution in [0, 0.1) is 5.41 Å². The number of benzene rings is 2. The summed E-state index contributed by atoms with van der Waals surface area (Å²) in [7, 11) is 0. The van der Waals surface area contributed by atoms with E-state index in [1.165, 1.54) is 0 Å². The molecular weight excluding hydrogens is 288 g/mol. The van der Waals surface area contributed by atoms with Gasteiger partial charge in [-0.3, -0.25) is 4.79 Å². The monoisotopic (exact) mass is 312 g/mol. The van der Waals surface area contributed by atoms with Crippen LogP contribution < -0.4 is 0 Å². The summed E-state index contributed by atoms with van der Waals surface area (Å²) in [5.41, 5.74) is 0.627. The van der Waals surface area contributed by atoms with Gasteiger partial charge in [0.05, 0.1) is 11.5 Å². The molecule has 0 atom stereocenters. The molecule has 3 rings (SSSR count). The molecule has 1 N–H and O–H groups in total. The van der Waals surface area contributed by atoms with Crippen LogP contribution in [0.3, 0.4) is 0 Å². The van der Waals surface area contributed by atoms with E-state index in [4.69, 9.17) is 4.74 Å². The molecule has 2 aromatic carbocycles. The van der Waals surface area contributed by atoms with E-state index in [9.17, 15) is 9.90 Å². The second-order valence-corrected chi connectivity index (χ2v) is 6.58. The van der Waals surface area contributed by atoms with Gasteiger partial charge >= 0.3 is 5.97 Å². The van der Waals surface area contributed by atoms with Gasteiger partial charge in [-0.05, 0) is 48.4 Å². The molecule has 0 amide bonds. The summed E-state index contributed by atoms with van der Waals surface area (Å²) >= 11 is 0. The van der Waals surface area contributed by atoms with Gasteiger partial charge in [-0.2, -0.15) is 0 Å². The summed E-state index contributed by atoms with van der Waals surface area (Å²) in [6.45, 7) is 2.35. The van der Waals surface area contributed by atoms with E-state index in [-0.39, 0.29) is 12.1 Å². The predicted octanol–water partition coefficient (Wildman–Crippen LogP) is 4.21. The van der Waals surface area contributed by atoms with Crippen LogP contribution in [0.1, 0.15) is 44.6 Å². The Balaban J connectivity index is 1.73. The van der Waals surface area contributed by atoms with Crippen LogP contribution in [0.4, 0.5) is 0 Å². The lowest BCUT2D eigenvalue weighted by atomic mass is 9.71. The highest BCUT2D eigenvalue weighted by atomic mass is 16.5. The van der Waals surface area contributed by atoms with Crippen molar-refractivity contribution in [1.82, 2.24) is 0 Å². The van der Waals surface area contributed by atoms with Crippen molar-refractivity contribution in [3.63, 3.8) is 0 Å². The van der Waals surface area contributed by atoms with Gasteiger partial charge < -0.3 is 9.84 Å². The zero-order valence-electron chi connectivity index (χ0n) is 13.6. The van der Waals surface area contributed by atoms with Gasteiger partial charge in [0.2, 0.25) is 0 Å². The summed E-state index contributed by atoms with van der Waals surface area (Å²) in [6.07, 6.45) is 3.33. The van der Waals surface area contributed by atoms with Gasteiger partial charge in [0, 0.05) is 0 Å². The standard InChI is InChI=1S/C20H24O3/c1-2-20(12-10-17(21)11-13-20)19(22)23-14-16-8-5-7-15-6-3-4-9-18(15)16/h3-9,17,21H,2,10-14H2,1H3/t17-,20+. The number of fused-ring (bicyclic) bond motifs is 1. The molecule has 2 aromatic rings. The first-order valence-corrected chi connectivity index (χ1v) is 8.46. The van der Waals surface area contributed by atoms with Gasteiger partial charge in [-0.1, -0.05) is 49.4 Å². The molecule has 1 saturated carbocycles. The Hall–Kier alpha value is -1.87. The third kappa shape index (κ3) is 3.25. The van der Waals surface area contributed by atoms with Crippen LogP contribution in [-0.4, -0.2) is 17.2 Å². The highest BCUT2D eigenvalue weighted by Crippen LogP contribution is 2.40. The first-order chi connectivity index (χ1) is 11.1. The number of carbonyl (C=O) groups is 1. The van der Waals surface area contributed by atoms with Crippen molar-refractivity contribution in [2.24, 2.45) is 5.41 Å². The summed E-state index contributed by atoms with van der Waals surface area (Å²) in [6, 6.07) is 14.2. The van der Waals surface area contributed by atoms with E-state index in [0.29, 0.717) is 19.4 Å². The molecule has 23 heavy (non-hydrogen) atoms. The van der Waals surface area contributed by atoms with Crippen LogP contribution >= 0.6 is 0 Å². The SMILES string of the molecule is CC[C@]1(C(=O)OCc2cccc3ccccc23)CC[C@@H](O)CC1. The summed E-state index contributed by atoms with van der Waals surface area (Å²) in [4.78, 5) is 12.7. The molecule has 1 aliphatic carbocycles. The fourth-order valence-corrected chi connectivity index (χ4v) is 3.57. The van der Waals surface area contributed by atoms with Crippen molar-refractivity contribution in [2.45, 2.75) is 51.7 Å². The zero-order valence-corrected chi connectivity index (χ0v) is 13.6. The highest BCUT2D eigenvalue weighted by molar-refractivity contribution is 5.86. The maximum Gasteiger partial charge on any atom is 0.312 e. The van der Waals surface area contributed by atoms with Crippen molar-refractivity contribution in [3.8, 4) is 0 Å². The lowest BCUT2D eigenvalue weighted by molar-refractivity contribution is -0.161. The Labute approximate surface area is 137 Å². The molecule has 0 radical (unpaired) electrons. The molecule has 0 heterocycles. The van der Waals surface area contributed by atoms with Crippen molar-refractivity contribution >= 4 is 16.7 Å². The van der Waals surface area contributed by atoms with Crippen molar-refractivity contribution in [2.75, 3.05) is 0 Å². The van der Waals surface area contributed by atoms with Gasteiger partial charge in [-0.15, -0.1) is 0 Å². The molecule has 0 aromatic heterocycles. The average Bonchev–Trinajstić information content (AvgIpc) is 2.60. The Bertz CT molecular complexity index is 679. The van der Waals surface area contributed by atoms with Crippen LogP contribution in [-0.2, 0) is 16.1 Å². The fourth-order valence-electron chi connectivity index (χ4n) is 3.57. The maximum absolute atomic E-state index is 12.7. The highest BCUT2D eigenvalue weighted by Gasteiger charge is 2.41. The Morgan fingerprint density at radius 3 is 2.61 bits per heavy atom. The molecule has 0 saturated heterocycles. The van der Waals surface area contributed by atoms with Gasteiger partial charge in [0.1, 0.15) is 6.61 Å². The lowest BCUT2D eigenvalue weighted by Gasteiger charge is -2.35. The van der Waals surface area contributed by atoms with E-state index < -0.39 is 5.41 Å². The van der Waals surface area contributed by atoms with Crippen LogP contribution in [0.25, 0.3) is 10.8 Å².